The van der Waals surface area contributed by atoms with Crippen LogP contribution in [-0.4, -0.2) is 5.11 Å². The molecule has 3 rings (SSSR count). The summed E-state index contributed by atoms with van der Waals surface area (Å²) in [6.07, 6.45) is 1.03. The Morgan fingerprint density at radius 3 is 2.75 bits per heavy atom. The van der Waals surface area contributed by atoms with E-state index in [0.717, 1.165) is 16.9 Å². The molecule has 1 aliphatic carbocycles. The zero-order valence-corrected chi connectivity index (χ0v) is 12.5. The molecule has 0 amide bonds. The highest BCUT2D eigenvalue weighted by Crippen LogP contribution is 2.47. The van der Waals surface area contributed by atoms with Gasteiger partial charge in [0.15, 0.2) is 0 Å². The number of aryl methyl sites for hydroxylation is 1. The van der Waals surface area contributed by atoms with Crippen LogP contribution in [0, 0.1) is 12.8 Å². The summed E-state index contributed by atoms with van der Waals surface area (Å²) in [5.41, 5.74) is 2.07. The number of aliphatic hydroxyl groups excluding tert-OH is 1. The van der Waals surface area contributed by atoms with E-state index in [1.165, 1.54) is 6.42 Å². The maximum absolute atomic E-state index is 10.3. The van der Waals surface area contributed by atoms with Crippen molar-refractivity contribution in [1.29, 1.82) is 0 Å². The molecule has 0 radical (unpaired) electrons. The zero-order valence-electron chi connectivity index (χ0n) is 11.8. The van der Waals surface area contributed by atoms with Crippen LogP contribution in [0.15, 0.2) is 34.7 Å². The lowest BCUT2D eigenvalue weighted by Crippen LogP contribution is -2.01. The molecule has 0 spiro atoms. The highest BCUT2D eigenvalue weighted by molar-refractivity contribution is 6.31. The van der Waals surface area contributed by atoms with Gasteiger partial charge >= 0.3 is 0 Å². The average Bonchev–Trinajstić information content (AvgIpc) is 2.94. The molecule has 1 aliphatic rings. The SMILES string of the molecule is Cc1ccc(CC(O)c2ccc(C3CC3C)o2)c(Cl)c1. The molecule has 20 heavy (non-hydrogen) atoms. The molecule has 1 aromatic carbocycles. The molecule has 1 fully saturated rings. The fourth-order valence-electron chi connectivity index (χ4n) is 2.59. The van der Waals surface area contributed by atoms with E-state index in [4.69, 9.17) is 16.0 Å². The largest absolute Gasteiger partial charge is 0.463 e. The fourth-order valence-corrected chi connectivity index (χ4v) is 2.90. The van der Waals surface area contributed by atoms with Crippen molar-refractivity contribution in [1.82, 2.24) is 0 Å². The highest BCUT2D eigenvalue weighted by Gasteiger charge is 2.36. The molecule has 2 nitrogen and oxygen atoms in total. The standard InChI is InChI=1S/C17H19ClO2/c1-10-3-4-12(14(18)7-10)9-15(19)17-6-5-16(20-17)13-8-11(13)2/h3-7,11,13,15,19H,8-9H2,1-2H3. The van der Waals surface area contributed by atoms with Gasteiger partial charge in [-0.05, 0) is 48.6 Å². The van der Waals surface area contributed by atoms with Crippen LogP contribution < -0.4 is 0 Å². The van der Waals surface area contributed by atoms with E-state index in [-0.39, 0.29) is 0 Å². The first-order valence-corrected chi connectivity index (χ1v) is 7.45. The van der Waals surface area contributed by atoms with E-state index < -0.39 is 6.10 Å². The molecule has 3 heteroatoms. The van der Waals surface area contributed by atoms with Gasteiger partial charge in [0.05, 0.1) is 0 Å². The highest BCUT2D eigenvalue weighted by atomic mass is 35.5. The maximum Gasteiger partial charge on any atom is 0.133 e. The van der Waals surface area contributed by atoms with Gasteiger partial charge in [-0.25, -0.2) is 0 Å². The van der Waals surface area contributed by atoms with E-state index in [2.05, 4.69) is 6.92 Å². The fraction of sp³-hybridized carbons (Fsp3) is 0.412. The van der Waals surface area contributed by atoms with Gasteiger partial charge in [0.2, 0.25) is 0 Å². The van der Waals surface area contributed by atoms with Crippen molar-refractivity contribution in [3.05, 3.63) is 58.0 Å². The van der Waals surface area contributed by atoms with Crippen LogP contribution in [0.3, 0.4) is 0 Å². The molecular formula is C17H19ClO2. The van der Waals surface area contributed by atoms with Crippen molar-refractivity contribution in [2.75, 3.05) is 0 Å². The van der Waals surface area contributed by atoms with Gasteiger partial charge in [-0.3, -0.25) is 0 Å². The first kappa shape index (κ1) is 13.7. The number of aliphatic hydroxyl groups is 1. The number of rotatable bonds is 4. The molecule has 0 aliphatic heterocycles. The molecule has 1 heterocycles. The second-order valence-electron chi connectivity index (χ2n) is 5.87. The van der Waals surface area contributed by atoms with Gasteiger partial charge in [-0.15, -0.1) is 0 Å². The number of hydrogen-bond donors (Lipinski definition) is 1. The first-order valence-electron chi connectivity index (χ1n) is 7.07. The summed E-state index contributed by atoms with van der Waals surface area (Å²) in [6.45, 7) is 4.22. The van der Waals surface area contributed by atoms with Crippen molar-refractivity contribution in [2.24, 2.45) is 5.92 Å². The molecule has 1 aromatic heterocycles. The molecule has 1 N–H and O–H groups in total. The number of benzene rings is 1. The van der Waals surface area contributed by atoms with E-state index in [0.29, 0.717) is 29.0 Å². The average molecular weight is 291 g/mol. The quantitative estimate of drug-likeness (QED) is 0.890. The summed E-state index contributed by atoms with van der Waals surface area (Å²) in [7, 11) is 0. The van der Waals surface area contributed by atoms with Gasteiger partial charge in [-0.2, -0.15) is 0 Å². The van der Waals surface area contributed by atoms with Crippen LogP contribution in [0.2, 0.25) is 5.02 Å². The zero-order chi connectivity index (χ0) is 14.3. The van der Waals surface area contributed by atoms with Gasteiger partial charge in [-0.1, -0.05) is 30.7 Å². The smallest absolute Gasteiger partial charge is 0.133 e. The van der Waals surface area contributed by atoms with E-state index in [9.17, 15) is 5.11 Å². The lowest BCUT2D eigenvalue weighted by Gasteiger charge is -2.10. The van der Waals surface area contributed by atoms with Crippen molar-refractivity contribution < 1.29 is 9.52 Å². The van der Waals surface area contributed by atoms with Crippen LogP contribution in [0.25, 0.3) is 0 Å². The molecule has 106 valence electrons. The number of furan rings is 1. The van der Waals surface area contributed by atoms with Gasteiger partial charge < -0.3 is 9.52 Å². The van der Waals surface area contributed by atoms with Crippen LogP contribution >= 0.6 is 11.6 Å². The van der Waals surface area contributed by atoms with Crippen molar-refractivity contribution in [3.8, 4) is 0 Å². The number of hydrogen-bond acceptors (Lipinski definition) is 2. The number of halogens is 1. The van der Waals surface area contributed by atoms with Crippen molar-refractivity contribution in [3.63, 3.8) is 0 Å². The summed E-state index contributed by atoms with van der Waals surface area (Å²) >= 11 is 6.20. The third-order valence-electron chi connectivity index (χ3n) is 4.07. The van der Waals surface area contributed by atoms with E-state index >= 15 is 0 Å². The Morgan fingerprint density at radius 2 is 2.10 bits per heavy atom. The van der Waals surface area contributed by atoms with Gasteiger partial charge in [0.1, 0.15) is 17.6 Å². The van der Waals surface area contributed by atoms with Crippen LogP contribution in [0.5, 0.6) is 0 Å². The third-order valence-corrected chi connectivity index (χ3v) is 4.42. The van der Waals surface area contributed by atoms with Crippen molar-refractivity contribution >= 4 is 11.6 Å². The van der Waals surface area contributed by atoms with E-state index in [1.54, 1.807) is 0 Å². The minimum atomic E-state index is -0.641. The van der Waals surface area contributed by atoms with Crippen LogP contribution in [-0.2, 0) is 6.42 Å². The molecule has 2 aromatic rings. The second kappa shape index (κ2) is 5.27. The topological polar surface area (TPSA) is 33.4 Å². The summed E-state index contributed by atoms with van der Waals surface area (Å²) < 4.78 is 5.78. The lowest BCUT2D eigenvalue weighted by molar-refractivity contribution is 0.148. The predicted octanol–water partition coefficient (Wildman–Crippen LogP) is 4.64. The van der Waals surface area contributed by atoms with Crippen LogP contribution in [0.4, 0.5) is 0 Å². The van der Waals surface area contributed by atoms with Gasteiger partial charge in [0, 0.05) is 17.4 Å². The Morgan fingerprint density at radius 1 is 1.35 bits per heavy atom. The lowest BCUT2D eigenvalue weighted by atomic mass is 10.0. The Labute approximate surface area is 124 Å². The molecule has 0 saturated heterocycles. The van der Waals surface area contributed by atoms with Gasteiger partial charge in [0.25, 0.3) is 0 Å². The summed E-state index contributed by atoms with van der Waals surface area (Å²) in [6, 6.07) is 9.76. The van der Waals surface area contributed by atoms with Crippen molar-refractivity contribution in [2.45, 2.75) is 38.7 Å². The molecule has 3 unspecified atom stereocenters. The monoisotopic (exact) mass is 290 g/mol. The molecule has 3 atom stereocenters. The summed E-state index contributed by atoms with van der Waals surface area (Å²) in [5, 5.41) is 11.0. The third kappa shape index (κ3) is 2.77. The minimum Gasteiger partial charge on any atom is -0.463 e. The van der Waals surface area contributed by atoms with E-state index in [1.807, 2.05) is 37.3 Å². The predicted molar refractivity (Wildman–Crippen MR) is 80.1 cm³/mol. The maximum atomic E-state index is 10.3. The Bertz CT molecular complexity index is 617. The Balaban J connectivity index is 1.72. The Kier molecular flexibility index (Phi) is 3.61. The summed E-state index contributed by atoms with van der Waals surface area (Å²) in [5.74, 6) is 2.88. The van der Waals surface area contributed by atoms with Crippen LogP contribution in [0.1, 0.15) is 48.0 Å². The summed E-state index contributed by atoms with van der Waals surface area (Å²) in [4.78, 5) is 0. The Hall–Kier alpha value is -1.25. The molecule has 0 bridgehead atoms. The minimum absolute atomic E-state index is 0.478. The first-order chi connectivity index (χ1) is 9.54. The second-order valence-corrected chi connectivity index (χ2v) is 6.28. The molecule has 1 saturated carbocycles. The molecular weight excluding hydrogens is 272 g/mol. The normalized spacial score (nSPS) is 22.8.